The summed E-state index contributed by atoms with van der Waals surface area (Å²) in [6.07, 6.45) is 6.32. The molecule has 9 nitrogen and oxygen atoms in total. The number of carbonyl (C=O) groups is 2. The van der Waals surface area contributed by atoms with Crippen molar-refractivity contribution in [3.63, 3.8) is 0 Å². The van der Waals surface area contributed by atoms with E-state index in [4.69, 9.17) is 4.74 Å². The number of hydrogen-bond donors (Lipinski definition) is 0. The molecule has 5 rings (SSSR count). The van der Waals surface area contributed by atoms with E-state index >= 15 is 0 Å². The van der Waals surface area contributed by atoms with Crippen LogP contribution in [-0.2, 0) is 27.3 Å². The van der Waals surface area contributed by atoms with Gasteiger partial charge < -0.3 is 9.30 Å². The molecule has 2 fully saturated rings. The Kier molecular flexibility index (Phi) is 6.33. The van der Waals surface area contributed by atoms with Crippen LogP contribution in [0, 0.1) is 25.7 Å². The number of fused-ring (bicyclic) bond motifs is 1. The van der Waals surface area contributed by atoms with Gasteiger partial charge in [-0.25, -0.2) is 9.50 Å². The van der Waals surface area contributed by atoms with Crippen LogP contribution >= 0.6 is 15.9 Å². The second-order valence-corrected chi connectivity index (χ2v) is 10.7. The first-order valence-electron chi connectivity index (χ1n) is 12.1. The highest BCUT2D eigenvalue weighted by Crippen LogP contribution is 2.44. The van der Waals surface area contributed by atoms with E-state index in [1.54, 1.807) is 21.3 Å². The van der Waals surface area contributed by atoms with Gasteiger partial charge in [0.05, 0.1) is 0 Å². The minimum absolute atomic E-state index is 0.0886. The Labute approximate surface area is 211 Å². The highest BCUT2D eigenvalue weighted by molar-refractivity contribution is 9.10. The number of pyridine rings is 1. The fourth-order valence-corrected chi connectivity index (χ4v) is 5.92. The number of ketones is 1. The molecule has 3 aromatic rings. The van der Waals surface area contributed by atoms with Crippen LogP contribution in [0.4, 0.5) is 0 Å². The highest BCUT2D eigenvalue weighted by Gasteiger charge is 2.51. The third-order valence-corrected chi connectivity index (χ3v) is 7.79. The van der Waals surface area contributed by atoms with E-state index in [2.05, 4.69) is 31.0 Å². The lowest BCUT2D eigenvalue weighted by Gasteiger charge is -2.43. The molecule has 0 bridgehead atoms. The molecule has 0 radical (unpaired) electrons. The van der Waals surface area contributed by atoms with Crippen molar-refractivity contribution in [1.29, 1.82) is 0 Å². The van der Waals surface area contributed by atoms with Crippen molar-refractivity contribution >= 4 is 33.5 Å². The van der Waals surface area contributed by atoms with Gasteiger partial charge in [-0.2, -0.15) is 4.98 Å². The lowest BCUT2D eigenvalue weighted by atomic mass is 9.74. The Hall–Kier alpha value is -2.88. The number of carbonyl (C=O) groups excluding carboxylic acids is 2. The lowest BCUT2D eigenvalue weighted by Crippen LogP contribution is -2.52. The number of esters is 1. The largest absolute Gasteiger partial charge is 0.458 e. The normalized spacial score (nSPS) is 23.2. The van der Waals surface area contributed by atoms with Gasteiger partial charge in [0, 0.05) is 53.9 Å². The van der Waals surface area contributed by atoms with Crippen LogP contribution in [0.2, 0.25) is 0 Å². The number of Topliss-reactive ketones (excluding diaryl/α,β-unsaturated/α-hetero) is 1. The Morgan fingerprint density at radius 2 is 1.91 bits per heavy atom. The third-order valence-electron chi connectivity index (χ3n) is 7.32. The molecule has 0 aromatic carbocycles. The van der Waals surface area contributed by atoms with Crippen LogP contribution in [0.5, 0.6) is 0 Å². The van der Waals surface area contributed by atoms with E-state index in [9.17, 15) is 14.4 Å². The van der Waals surface area contributed by atoms with E-state index in [1.807, 2.05) is 19.9 Å². The van der Waals surface area contributed by atoms with Gasteiger partial charge in [-0.05, 0) is 60.7 Å². The Balaban J connectivity index is 1.38. The maximum Gasteiger partial charge on any atom is 0.317 e. The molecule has 0 amide bonds. The number of halogens is 1. The summed E-state index contributed by atoms with van der Waals surface area (Å²) in [5.41, 5.74) is 0.697. The summed E-state index contributed by atoms with van der Waals surface area (Å²) in [4.78, 5) is 47.8. The topological polar surface area (TPSA) is 108 Å². The summed E-state index contributed by atoms with van der Waals surface area (Å²) in [5.74, 6) is -0.632. The fourth-order valence-electron chi connectivity index (χ4n) is 5.54. The van der Waals surface area contributed by atoms with E-state index in [-0.39, 0.29) is 30.1 Å². The van der Waals surface area contributed by atoms with Crippen LogP contribution in [0.3, 0.4) is 0 Å². The smallest absolute Gasteiger partial charge is 0.317 e. The van der Waals surface area contributed by atoms with Gasteiger partial charge in [0.15, 0.2) is 11.6 Å². The SMILES string of the molecule is Cc1cc(C)n2nc(CC3C(=O)CC(CCn4cc(Br)ccc4=O)(C4CCCC4)OC3=O)nc2n1. The zero-order valence-corrected chi connectivity index (χ0v) is 21.5. The van der Waals surface area contributed by atoms with Gasteiger partial charge >= 0.3 is 5.97 Å². The number of aryl methyl sites for hydroxylation is 3. The highest BCUT2D eigenvalue weighted by atomic mass is 79.9. The van der Waals surface area contributed by atoms with Crippen LogP contribution in [0.1, 0.15) is 55.7 Å². The molecule has 2 aliphatic rings. The number of aromatic nitrogens is 5. The second-order valence-electron chi connectivity index (χ2n) is 9.77. The number of nitrogens with zero attached hydrogens (tertiary/aromatic N) is 5. The van der Waals surface area contributed by atoms with Gasteiger partial charge in [0.2, 0.25) is 0 Å². The Bertz CT molecular complexity index is 1340. The molecular weight excluding hydrogens is 514 g/mol. The van der Waals surface area contributed by atoms with Gasteiger partial charge in [0.1, 0.15) is 11.5 Å². The molecule has 4 heterocycles. The molecule has 1 aliphatic heterocycles. The second kappa shape index (κ2) is 9.29. The quantitative estimate of drug-likeness (QED) is 0.347. The minimum atomic E-state index is -0.933. The van der Waals surface area contributed by atoms with E-state index in [0.717, 1.165) is 41.5 Å². The Morgan fingerprint density at radius 3 is 2.66 bits per heavy atom. The van der Waals surface area contributed by atoms with Gasteiger partial charge in [-0.1, -0.05) is 12.8 Å². The molecule has 10 heteroatoms. The summed E-state index contributed by atoms with van der Waals surface area (Å²) < 4.78 is 10.2. The van der Waals surface area contributed by atoms with Gasteiger partial charge in [-0.3, -0.25) is 14.4 Å². The molecule has 1 aliphatic carbocycles. The Morgan fingerprint density at radius 1 is 1.14 bits per heavy atom. The molecule has 1 saturated carbocycles. The first-order chi connectivity index (χ1) is 16.7. The van der Waals surface area contributed by atoms with Crippen molar-refractivity contribution in [2.45, 2.75) is 70.9 Å². The number of cyclic esters (lactones) is 1. The first-order valence-corrected chi connectivity index (χ1v) is 12.8. The standard InChI is InChI=1S/C25H28BrN5O4/c1-15-11-16(2)31-24(27-15)28-21(29-31)12-19-20(32)13-25(35-23(19)34,17-5-3-4-6-17)9-10-30-14-18(26)7-8-22(30)33/h7-8,11,14,17,19H,3-6,9-10,12-13H2,1-2H3. The monoisotopic (exact) mass is 541 g/mol. The zero-order valence-electron chi connectivity index (χ0n) is 19.9. The zero-order chi connectivity index (χ0) is 24.7. The molecule has 3 aromatic heterocycles. The molecule has 0 N–H and O–H groups in total. The van der Waals surface area contributed by atoms with E-state index in [0.29, 0.717) is 24.6 Å². The predicted octanol–water partition coefficient (Wildman–Crippen LogP) is 3.36. The molecule has 0 spiro atoms. The average Bonchev–Trinajstić information content (AvgIpc) is 3.47. The van der Waals surface area contributed by atoms with Gasteiger partial charge in [-0.15, -0.1) is 5.10 Å². The summed E-state index contributed by atoms with van der Waals surface area (Å²) in [7, 11) is 0. The van der Waals surface area contributed by atoms with Crippen molar-refractivity contribution in [3.8, 4) is 0 Å². The molecule has 1 saturated heterocycles. The third kappa shape index (κ3) is 4.68. The lowest BCUT2D eigenvalue weighted by molar-refractivity contribution is -0.186. The van der Waals surface area contributed by atoms with Crippen molar-refractivity contribution in [1.82, 2.24) is 24.1 Å². The van der Waals surface area contributed by atoms with Crippen LogP contribution in [0.25, 0.3) is 5.78 Å². The number of ether oxygens (including phenoxy) is 1. The summed E-state index contributed by atoms with van der Waals surface area (Å²) >= 11 is 3.40. The summed E-state index contributed by atoms with van der Waals surface area (Å²) in [5, 5.41) is 4.46. The van der Waals surface area contributed by atoms with Crippen molar-refractivity contribution in [2.75, 3.05) is 0 Å². The molecule has 35 heavy (non-hydrogen) atoms. The predicted molar refractivity (Wildman–Crippen MR) is 131 cm³/mol. The maximum absolute atomic E-state index is 13.4. The number of hydrogen-bond acceptors (Lipinski definition) is 7. The number of rotatable bonds is 6. The van der Waals surface area contributed by atoms with Crippen LogP contribution in [0.15, 0.2) is 33.7 Å². The van der Waals surface area contributed by atoms with E-state index in [1.165, 1.54) is 6.07 Å². The van der Waals surface area contributed by atoms with Gasteiger partial charge in [0.25, 0.3) is 11.3 Å². The summed E-state index contributed by atoms with van der Waals surface area (Å²) in [6, 6.07) is 5.10. The molecule has 2 atom stereocenters. The van der Waals surface area contributed by atoms with Crippen LogP contribution < -0.4 is 5.56 Å². The van der Waals surface area contributed by atoms with Crippen molar-refractivity contribution in [3.05, 3.63) is 56.4 Å². The van der Waals surface area contributed by atoms with Crippen molar-refractivity contribution in [2.24, 2.45) is 11.8 Å². The maximum atomic E-state index is 13.4. The molecular formula is C25H28BrN5O4. The molecule has 184 valence electrons. The average molecular weight is 542 g/mol. The fraction of sp³-hybridized carbons (Fsp3) is 0.520. The van der Waals surface area contributed by atoms with Crippen LogP contribution in [-0.4, -0.2) is 41.5 Å². The minimum Gasteiger partial charge on any atom is -0.458 e. The summed E-state index contributed by atoms with van der Waals surface area (Å²) in [6.45, 7) is 4.17. The van der Waals surface area contributed by atoms with E-state index < -0.39 is 17.5 Å². The molecule has 2 unspecified atom stereocenters. The first kappa shape index (κ1) is 23.8. The van der Waals surface area contributed by atoms with Crippen molar-refractivity contribution < 1.29 is 14.3 Å².